The van der Waals surface area contributed by atoms with Gasteiger partial charge in [0.1, 0.15) is 11.5 Å². The van der Waals surface area contributed by atoms with Crippen LogP contribution < -0.4 is 28.6 Å². The van der Waals surface area contributed by atoms with E-state index in [1.54, 1.807) is 47.7 Å². The summed E-state index contributed by atoms with van der Waals surface area (Å²) < 4.78 is 34.0. The molecule has 0 bridgehead atoms. The maximum atomic E-state index is 14.1. The molecule has 286 valence electrons. The van der Waals surface area contributed by atoms with Crippen molar-refractivity contribution >= 4 is 22.9 Å². The van der Waals surface area contributed by atoms with Gasteiger partial charge in [-0.05, 0) is 93.2 Å². The van der Waals surface area contributed by atoms with Crippen molar-refractivity contribution in [1.29, 1.82) is 0 Å². The van der Waals surface area contributed by atoms with E-state index in [9.17, 15) is 4.79 Å². The van der Waals surface area contributed by atoms with Crippen LogP contribution in [0.15, 0.2) is 71.1 Å². The fourth-order valence-electron chi connectivity index (χ4n) is 8.20. The molecule has 2 saturated heterocycles. The fraction of sp³-hybridized carbons (Fsp3) is 0.429. The Kier molecular flexibility index (Phi) is 10.9. The molecule has 3 aromatic carbocycles. The summed E-state index contributed by atoms with van der Waals surface area (Å²) in [5.74, 6) is 5.36. The normalized spacial score (nSPS) is 17.9. The highest BCUT2D eigenvalue weighted by Gasteiger charge is 2.43. The third-order valence-electron chi connectivity index (χ3n) is 11.2. The summed E-state index contributed by atoms with van der Waals surface area (Å²) in [5.41, 5.74) is 3.33. The van der Waals surface area contributed by atoms with Crippen LogP contribution in [0.5, 0.6) is 28.7 Å². The smallest absolute Gasteiger partial charge is 0.254 e. The van der Waals surface area contributed by atoms with Crippen molar-refractivity contribution in [2.45, 2.75) is 50.6 Å². The van der Waals surface area contributed by atoms with Gasteiger partial charge in [-0.3, -0.25) is 4.79 Å². The van der Waals surface area contributed by atoms with E-state index in [2.05, 4.69) is 39.0 Å². The number of nitrogens with one attached hydrogen (secondary N) is 1. The van der Waals surface area contributed by atoms with Gasteiger partial charge in [0.05, 0.1) is 53.1 Å². The summed E-state index contributed by atoms with van der Waals surface area (Å²) in [5, 5.41) is 0. The number of imidazole rings is 1. The van der Waals surface area contributed by atoms with E-state index in [1.807, 2.05) is 42.2 Å². The highest BCUT2D eigenvalue weighted by molar-refractivity contribution is 5.96. The number of amides is 1. The lowest BCUT2D eigenvalue weighted by Crippen LogP contribution is -2.46. The largest absolute Gasteiger partial charge is 0.493 e. The van der Waals surface area contributed by atoms with E-state index < -0.39 is 0 Å². The molecule has 2 aromatic heterocycles. The molecule has 4 heterocycles. The molecule has 0 saturated carbocycles. The topological polar surface area (TPSA) is 115 Å². The Morgan fingerprint density at radius 1 is 0.870 bits per heavy atom. The van der Waals surface area contributed by atoms with Crippen molar-refractivity contribution in [2.24, 2.45) is 0 Å². The standard InChI is InChI=1S/C42H51N5O7/c1-28-11-13-32(54-28)26-47(41-43-33-9-7-8-10-34(33)44-41)31-15-19-45(20-16-31)21-17-42(30-12-14-35(49-2)36(25-30)50-3)18-22-46(27-42)40(48)29-23-37(51-4)39(53-6)38(24-29)52-5/h7-14,23-25,31H,15-22,26-27H2,1-6H3,(H,43,44). The van der Waals surface area contributed by atoms with Crippen LogP contribution in [0.2, 0.25) is 0 Å². The minimum Gasteiger partial charge on any atom is -0.493 e. The number of anilines is 1. The van der Waals surface area contributed by atoms with Crippen LogP contribution in [-0.2, 0) is 12.0 Å². The lowest BCUT2D eigenvalue weighted by atomic mass is 9.76. The van der Waals surface area contributed by atoms with Crippen molar-refractivity contribution in [2.75, 3.05) is 73.2 Å². The van der Waals surface area contributed by atoms with Crippen molar-refractivity contribution in [3.8, 4) is 28.7 Å². The van der Waals surface area contributed by atoms with Gasteiger partial charge in [0.15, 0.2) is 23.0 Å². The molecule has 2 fully saturated rings. The first-order valence-electron chi connectivity index (χ1n) is 18.6. The van der Waals surface area contributed by atoms with Crippen molar-refractivity contribution in [3.05, 3.63) is 89.4 Å². The van der Waals surface area contributed by atoms with Crippen LogP contribution >= 0.6 is 0 Å². The van der Waals surface area contributed by atoms with Crippen LogP contribution in [-0.4, -0.2) is 100.0 Å². The molecule has 0 spiro atoms. The number of fused-ring (bicyclic) bond motifs is 1. The number of ether oxygens (including phenoxy) is 5. The van der Waals surface area contributed by atoms with Gasteiger partial charge in [-0.25, -0.2) is 4.98 Å². The zero-order valence-electron chi connectivity index (χ0n) is 32.1. The molecule has 2 aliphatic heterocycles. The van der Waals surface area contributed by atoms with Gasteiger partial charge >= 0.3 is 0 Å². The number of furan rings is 1. The third kappa shape index (κ3) is 7.39. The number of H-pyrrole nitrogens is 1. The number of hydrogen-bond donors (Lipinski definition) is 1. The monoisotopic (exact) mass is 737 g/mol. The van der Waals surface area contributed by atoms with Crippen LogP contribution in [0, 0.1) is 6.92 Å². The Morgan fingerprint density at radius 3 is 2.24 bits per heavy atom. The van der Waals surface area contributed by atoms with Gasteiger partial charge < -0.3 is 47.8 Å². The van der Waals surface area contributed by atoms with E-state index in [0.717, 1.165) is 79.4 Å². The molecular weight excluding hydrogens is 686 g/mol. The number of carbonyl (C=O) groups excluding carboxylic acids is 1. The lowest BCUT2D eigenvalue weighted by molar-refractivity contribution is 0.0779. The molecule has 2 aliphatic rings. The predicted molar refractivity (Wildman–Crippen MR) is 208 cm³/mol. The van der Waals surface area contributed by atoms with Gasteiger partial charge in [0, 0.05) is 43.2 Å². The average Bonchev–Trinajstić information content (AvgIpc) is 3.97. The molecule has 1 unspecified atom stereocenters. The SMILES string of the molecule is COc1ccc(C2(CCN3CCC(N(Cc4ccc(C)o4)c4nc5ccccc5[nH]4)CC3)CCN(C(=O)c3cc(OC)c(OC)c(OC)c3)C2)cc1OC. The molecule has 1 N–H and O–H groups in total. The molecule has 0 aliphatic carbocycles. The molecule has 54 heavy (non-hydrogen) atoms. The first-order valence-corrected chi connectivity index (χ1v) is 18.6. The second kappa shape index (κ2) is 15.9. The van der Waals surface area contributed by atoms with Crippen molar-refractivity contribution < 1.29 is 32.9 Å². The van der Waals surface area contributed by atoms with E-state index >= 15 is 0 Å². The van der Waals surface area contributed by atoms with Gasteiger partial charge in [-0.2, -0.15) is 0 Å². The molecule has 1 atom stereocenters. The highest BCUT2D eigenvalue weighted by atomic mass is 16.5. The van der Waals surface area contributed by atoms with Crippen molar-refractivity contribution in [1.82, 2.24) is 19.8 Å². The number of para-hydroxylation sites is 2. The van der Waals surface area contributed by atoms with Gasteiger partial charge in [0.2, 0.25) is 11.7 Å². The Morgan fingerprint density at radius 2 is 1.59 bits per heavy atom. The first-order chi connectivity index (χ1) is 26.3. The summed E-state index contributed by atoms with van der Waals surface area (Å²) in [6.07, 6.45) is 3.68. The van der Waals surface area contributed by atoms with Crippen LogP contribution in [0.25, 0.3) is 11.0 Å². The quantitative estimate of drug-likeness (QED) is 0.130. The van der Waals surface area contributed by atoms with E-state index in [4.69, 9.17) is 33.1 Å². The number of aryl methyl sites for hydroxylation is 1. The molecular formula is C42H51N5O7. The number of hydrogen-bond acceptors (Lipinski definition) is 10. The van der Waals surface area contributed by atoms with Gasteiger partial charge in [-0.15, -0.1) is 0 Å². The Hall–Kier alpha value is -5.36. The zero-order valence-corrected chi connectivity index (χ0v) is 32.1. The summed E-state index contributed by atoms with van der Waals surface area (Å²) in [4.78, 5) is 29.6. The number of carbonyl (C=O) groups is 1. The number of methoxy groups -OCH3 is 5. The summed E-state index contributed by atoms with van der Waals surface area (Å²) in [7, 11) is 7.98. The Labute approximate surface area is 316 Å². The Bertz CT molecular complexity index is 2010. The van der Waals surface area contributed by atoms with Gasteiger partial charge in [-0.1, -0.05) is 18.2 Å². The number of aromatic amines is 1. The van der Waals surface area contributed by atoms with Crippen LogP contribution in [0.1, 0.15) is 53.1 Å². The molecule has 12 heteroatoms. The van der Waals surface area contributed by atoms with Crippen LogP contribution in [0.4, 0.5) is 5.95 Å². The summed E-state index contributed by atoms with van der Waals surface area (Å²) in [6.45, 7) is 6.62. The fourth-order valence-corrected chi connectivity index (χ4v) is 8.20. The van der Waals surface area contributed by atoms with Gasteiger partial charge in [0.25, 0.3) is 5.91 Å². The maximum absolute atomic E-state index is 14.1. The number of nitrogens with zero attached hydrogens (tertiary/aromatic N) is 4. The zero-order chi connectivity index (χ0) is 37.8. The molecule has 5 aromatic rings. The maximum Gasteiger partial charge on any atom is 0.254 e. The number of piperidine rings is 1. The second-order valence-electron chi connectivity index (χ2n) is 14.3. The van der Waals surface area contributed by atoms with E-state index in [1.165, 1.54) is 0 Å². The molecule has 0 radical (unpaired) electrons. The molecule has 1 amide bonds. The number of aromatic nitrogens is 2. The van der Waals surface area contributed by atoms with Crippen molar-refractivity contribution in [3.63, 3.8) is 0 Å². The number of likely N-dealkylation sites (tertiary alicyclic amines) is 2. The second-order valence-corrected chi connectivity index (χ2v) is 14.3. The predicted octanol–water partition coefficient (Wildman–Crippen LogP) is 6.85. The van der Waals surface area contributed by atoms with E-state index in [-0.39, 0.29) is 11.3 Å². The first kappa shape index (κ1) is 37.0. The summed E-state index contributed by atoms with van der Waals surface area (Å²) >= 11 is 0. The number of rotatable bonds is 14. The minimum atomic E-state index is -0.288. The number of benzene rings is 3. The van der Waals surface area contributed by atoms with E-state index in [0.29, 0.717) is 60.0 Å². The highest BCUT2D eigenvalue weighted by Crippen LogP contribution is 2.43. The lowest BCUT2D eigenvalue weighted by Gasteiger charge is -2.39. The Balaban J connectivity index is 1.09. The third-order valence-corrected chi connectivity index (χ3v) is 11.2. The summed E-state index contributed by atoms with van der Waals surface area (Å²) in [6, 6.07) is 22.2. The minimum absolute atomic E-state index is 0.0742. The van der Waals surface area contributed by atoms with Crippen LogP contribution in [0.3, 0.4) is 0 Å². The molecule has 12 nitrogen and oxygen atoms in total. The average molecular weight is 738 g/mol. The molecule has 7 rings (SSSR count).